The van der Waals surface area contributed by atoms with Gasteiger partial charge in [0.2, 0.25) is 0 Å². The zero-order valence-corrected chi connectivity index (χ0v) is 10.6. The summed E-state index contributed by atoms with van der Waals surface area (Å²) >= 11 is 0. The van der Waals surface area contributed by atoms with Gasteiger partial charge >= 0.3 is 6.09 Å². The Balaban J connectivity index is 2.42. The number of nitrogens with one attached hydrogen (secondary N) is 1. The lowest BCUT2D eigenvalue weighted by Gasteiger charge is -2.32. The molecule has 16 heavy (non-hydrogen) atoms. The molecule has 0 unspecified atom stereocenters. The van der Waals surface area contributed by atoms with Crippen molar-refractivity contribution in [3.05, 3.63) is 0 Å². The first-order valence-electron chi connectivity index (χ1n) is 6.12. The molecular formula is C12H24N2O2. The van der Waals surface area contributed by atoms with Gasteiger partial charge in [0.15, 0.2) is 0 Å². The van der Waals surface area contributed by atoms with Crippen LogP contribution in [0.1, 0.15) is 46.5 Å². The smallest absolute Gasteiger partial charge is 0.407 e. The molecule has 94 valence electrons. The van der Waals surface area contributed by atoms with Crippen LogP contribution < -0.4 is 11.1 Å². The molecule has 4 nitrogen and oxygen atoms in total. The molecule has 1 fully saturated rings. The van der Waals surface area contributed by atoms with Gasteiger partial charge in [-0.2, -0.15) is 0 Å². The second kappa shape index (κ2) is 5.53. The van der Waals surface area contributed by atoms with Gasteiger partial charge in [0.25, 0.3) is 0 Å². The van der Waals surface area contributed by atoms with E-state index in [1.165, 1.54) is 6.42 Å². The predicted octanol–water partition coefficient (Wildman–Crippen LogP) is 2.03. The van der Waals surface area contributed by atoms with E-state index in [1.807, 2.05) is 20.8 Å². The normalized spacial score (nSPS) is 26.2. The Labute approximate surface area is 97.9 Å². The van der Waals surface area contributed by atoms with Crippen LogP contribution in [0.5, 0.6) is 0 Å². The summed E-state index contributed by atoms with van der Waals surface area (Å²) in [5.41, 5.74) is 5.27. The molecule has 0 spiro atoms. The molecule has 0 saturated heterocycles. The quantitative estimate of drug-likeness (QED) is 0.760. The first-order chi connectivity index (χ1) is 7.42. The van der Waals surface area contributed by atoms with Gasteiger partial charge in [0.1, 0.15) is 5.60 Å². The van der Waals surface area contributed by atoms with Crippen molar-refractivity contribution in [3.63, 3.8) is 0 Å². The number of hydrogen-bond donors (Lipinski definition) is 2. The molecule has 1 rings (SSSR count). The fourth-order valence-electron chi connectivity index (χ4n) is 2.14. The van der Waals surface area contributed by atoms with Crippen LogP contribution in [0.2, 0.25) is 0 Å². The zero-order chi connectivity index (χ0) is 12.2. The van der Waals surface area contributed by atoms with Crippen molar-refractivity contribution >= 4 is 6.09 Å². The molecule has 0 radical (unpaired) electrons. The number of hydrogen-bond acceptors (Lipinski definition) is 3. The summed E-state index contributed by atoms with van der Waals surface area (Å²) < 4.78 is 5.24. The predicted molar refractivity (Wildman–Crippen MR) is 64.2 cm³/mol. The Morgan fingerprint density at radius 3 is 2.56 bits per heavy atom. The number of rotatable bonds is 2. The summed E-state index contributed by atoms with van der Waals surface area (Å²) in [7, 11) is 0. The van der Waals surface area contributed by atoms with Gasteiger partial charge in [-0.15, -0.1) is 0 Å². The summed E-state index contributed by atoms with van der Waals surface area (Å²) in [6, 6.07) is 0.189. The molecular weight excluding hydrogens is 204 g/mol. The molecule has 0 aromatic rings. The maximum Gasteiger partial charge on any atom is 0.407 e. The Morgan fingerprint density at radius 2 is 2.00 bits per heavy atom. The van der Waals surface area contributed by atoms with Crippen molar-refractivity contribution in [1.29, 1.82) is 0 Å². The van der Waals surface area contributed by atoms with E-state index in [1.54, 1.807) is 0 Å². The summed E-state index contributed by atoms with van der Waals surface area (Å²) in [4.78, 5) is 11.6. The molecule has 1 saturated carbocycles. The number of carbonyl (C=O) groups excluding carboxylic acids is 1. The lowest BCUT2D eigenvalue weighted by molar-refractivity contribution is 0.0471. The third-order valence-electron chi connectivity index (χ3n) is 2.91. The van der Waals surface area contributed by atoms with Crippen LogP contribution in [0.3, 0.4) is 0 Å². The summed E-state index contributed by atoms with van der Waals surface area (Å²) in [5.74, 6) is 0.404. The van der Waals surface area contributed by atoms with E-state index in [0.29, 0.717) is 12.5 Å². The number of alkyl carbamates (subject to hydrolysis) is 1. The van der Waals surface area contributed by atoms with Crippen LogP contribution in [-0.2, 0) is 4.74 Å². The van der Waals surface area contributed by atoms with Gasteiger partial charge in [0, 0.05) is 6.04 Å². The number of ether oxygens (including phenoxy) is 1. The third-order valence-corrected chi connectivity index (χ3v) is 2.91. The van der Waals surface area contributed by atoms with E-state index in [-0.39, 0.29) is 12.1 Å². The van der Waals surface area contributed by atoms with Crippen LogP contribution in [0.4, 0.5) is 4.79 Å². The Hall–Kier alpha value is -0.770. The molecule has 1 aliphatic carbocycles. The highest BCUT2D eigenvalue weighted by Crippen LogP contribution is 2.23. The van der Waals surface area contributed by atoms with Gasteiger partial charge in [0.05, 0.1) is 0 Å². The first kappa shape index (κ1) is 13.3. The van der Waals surface area contributed by atoms with Crippen molar-refractivity contribution < 1.29 is 9.53 Å². The fourth-order valence-corrected chi connectivity index (χ4v) is 2.14. The monoisotopic (exact) mass is 228 g/mol. The highest BCUT2D eigenvalue weighted by atomic mass is 16.6. The molecule has 2 atom stereocenters. The Morgan fingerprint density at radius 1 is 1.38 bits per heavy atom. The molecule has 0 aliphatic heterocycles. The Kier molecular flexibility index (Phi) is 4.59. The van der Waals surface area contributed by atoms with Crippen LogP contribution in [0.25, 0.3) is 0 Å². The number of carbonyl (C=O) groups is 1. The largest absolute Gasteiger partial charge is 0.444 e. The summed E-state index contributed by atoms with van der Waals surface area (Å²) in [6.07, 6.45) is 4.18. The molecule has 0 heterocycles. The van der Waals surface area contributed by atoms with Gasteiger partial charge in [-0.05, 0) is 46.1 Å². The van der Waals surface area contributed by atoms with Crippen LogP contribution >= 0.6 is 0 Å². The average molecular weight is 228 g/mol. The summed E-state index contributed by atoms with van der Waals surface area (Å²) in [6.45, 7) is 6.25. The van der Waals surface area contributed by atoms with Crippen molar-refractivity contribution in [2.45, 2.75) is 58.1 Å². The number of nitrogens with two attached hydrogens (primary N) is 1. The first-order valence-corrected chi connectivity index (χ1v) is 6.12. The van der Waals surface area contributed by atoms with Gasteiger partial charge in [-0.3, -0.25) is 0 Å². The standard InChI is InChI=1S/C12H24N2O2/c1-12(2,3)16-11(15)14-10-7-5-4-6-9(10)8-13/h9-10H,4-8,13H2,1-3H3,(H,14,15)/t9-,10+/m1/s1. The zero-order valence-electron chi connectivity index (χ0n) is 10.6. The topological polar surface area (TPSA) is 64.3 Å². The Bertz CT molecular complexity index is 236. The highest BCUT2D eigenvalue weighted by Gasteiger charge is 2.27. The van der Waals surface area contributed by atoms with E-state index in [4.69, 9.17) is 10.5 Å². The van der Waals surface area contributed by atoms with Gasteiger partial charge < -0.3 is 15.8 Å². The molecule has 0 aromatic heterocycles. The minimum Gasteiger partial charge on any atom is -0.444 e. The molecule has 1 aliphatic rings. The van der Waals surface area contributed by atoms with E-state index in [2.05, 4.69) is 5.32 Å². The lowest BCUT2D eigenvalue weighted by Crippen LogP contribution is -2.46. The van der Waals surface area contributed by atoms with E-state index in [0.717, 1.165) is 19.3 Å². The minimum absolute atomic E-state index is 0.189. The van der Waals surface area contributed by atoms with Crippen LogP contribution in [0, 0.1) is 5.92 Å². The van der Waals surface area contributed by atoms with E-state index < -0.39 is 5.60 Å². The molecule has 0 bridgehead atoms. The lowest BCUT2D eigenvalue weighted by atomic mass is 9.85. The van der Waals surface area contributed by atoms with Crippen molar-refractivity contribution in [3.8, 4) is 0 Å². The van der Waals surface area contributed by atoms with Gasteiger partial charge in [-0.25, -0.2) is 4.79 Å². The molecule has 4 heteroatoms. The van der Waals surface area contributed by atoms with Crippen molar-refractivity contribution in [1.82, 2.24) is 5.32 Å². The SMILES string of the molecule is CC(C)(C)OC(=O)N[C@H]1CCCC[C@@H]1CN. The van der Waals surface area contributed by atoms with Crippen LogP contribution in [0.15, 0.2) is 0 Å². The second-order valence-corrected chi connectivity index (χ2v) is 5.53. The molecule has 1 amide bonds. The maximum absolute atomic E-state index is 11.6. The third kappa shape index (κ3) is 4.39. The van der Waals surface area contributed by atoms with Gasteiger partial charge in [-0.1, -0.05) is 12.8 Å². The number of amides is 1. The van der Waals surface area contributed by atoms with Crippen molar-refractivity contribution in [2.24, 2.45) is 11.7 Å². The minimum atomic E-state index is -0.434. The average Bonchev–Trinajstić information content (AvgIpc) is 2.15. The van der Waals surface area contributed by atoms with Crippen molar-refractivity contribution in [2.75, 3.05) is 6.54 Å². The van der Waals surface area contributed by atoms with E-state index in [9.17, 15) is 4.79 Å². The maximum atomic E-state index is 11.6. The molecule has 3 N–H and O–H groups in total. The fraction of sp³-hybridized carbons (Fsp3) is 0.917. The van der Waals surface area contributed by atoms with Crippen LogP contribution in [-0.4, -0.2) is 24.3 Å². The van der Waals surface area contributed by atoms with E-state index >= 15 is 0 Å². The highest BCUT2D eigenvalue weighted by molar-refractivity contribution is 5.68. The molecule has 0 aromatic carbocycles. The second-order valence-electron chi connectivity index (χ2n) is 5.53. The summed E-state index contributed by atoms with van der Waals surface area (Å²) in [5, 5.41) is 2.94.